The second-order valence-corrected chi connectivity index (χ2v) is 18.8. The molecule has 13 aromatic carbocycles. The van der Waals surface area contributed by atoms with E-state index in [1.54, 1.807) is 0 Å². The quantitative estimate of drug-likeness (QED) is 0.138. The molecule has 0 radical (unpaired) electrons. The molecule has 2 nitrogen and oxygen atoms in total. The maximum Gasteiger partial charge on any atom is 0.0619 e. The van der Waals surface area contributed by atoms with Crippen molar-refractivity contribution in [2.24, 2.45) is 0 Å². The summed E-state index contributed by atoms with van der Waals surface area (Å²) in [5.41, 5.74) is 16.1. The first-order valence-corrected chi connectivity index (χ1v) is 24.8. The van der Waals surface area contributed by atoms with E-state index < -0.39 is 0 Å². The normalized spacial score (nSPS) is 11.6. The Labute approximate surface area is 418 Å². The first-order valence-electron chi connectivity index (χ1n) is 24.8. The molecule has 0 fully saturated rings. The van der Waals surface area contributed by atoms with Crippen LogP contribution in [0.1, 0.15) is 0 Å². The van der Waals surface area contributed by atoms with Crippen molar-refractivity contribution in [3.63, 3.8) is 0 Å². The minimum Gasteiger partial charge on any atom is -0.309 e. The lowest BCUT2D eigenvalue weighted by molar-refractivity contribution is 1.19. The fourth-order valence-corrected chi connectivity index (χ4v) is 11.4. The molecule has 0 saturated carbocycles. The zero-order valence-corrected chi connectivity index (χ0v) is 39.5. The van der Waals surface area contributed by atoms with Gasteiger partial charge in [0.25, 0.3) is 0 Å². The van der Waals surface area contributed by atoms with Crippen molar-refractivity contribution in [3.05, 3.63) is 279 Å². The van der Waals surface area contributed by atoms with Gasteiger partial charge in [0.2, 0.25) is 0 Å². The SMILES string of the molecule is c1ccc(-c2ccc(N(c3ccc(-c4cc5ccc6ccccc6c5c5ccccc45)cc3)c3ccccc3-c3cccc(-n4c5ccccc5c5ccc6ccccc6c54)c3)c(-c3ccccc3)c2)cc1. The van der Waals surface area contributed by atoms with Gasteiger partial charge >= 0.3 is 0 Å². The Morgan fingerprint density at radius 2 is 0.833 bits per heavy atom. The molecule has 0 aliphatic carbocycles. The highest BCUT2D eigenvalue weighted by Crippen LogP contribution is 2.48. The summed E-state index contributed by atoms with van der Waals surface area (Å²) in [5, 5.41) is 12.6. The van der Waals surface area contributed by atoms with Gasteiger partial charge in [-0.1, -0.05) is 224 Å². The largest absolute Gasteiger partial charge is 0.309 e. The van der Waals surface area contributed by atoms with Crippen molar-refractivity contribution in [1.29, 1.82) is 0 Å². The van der Waals surface area contributed by atoms with Crippen molar-refractivity contribution in [1.82, 2.24) is 4.57 Å². The summed E-state index contributed by atoms with van der Waals surface area (Å²) in [6.07, 6.45) is 0. The third kappa shape index (κ3) is 6.88. The molecule has 0 bridgehead atoms. The molecule has 0 aliphatic heterocycles. The summed E-state index contributed by atoms with van der Waals surface area (Å²) >= 11 is 0. The maximum absolute atomic E-state index is 2.47. The minimum atomic E-state index is 1.07. The summed E-state index contributed by atoms with van der Waals surface area (Å²) in [5.74, 6) is 0. The van der Waals surface area contributed by atoms with Crippen LogP contribution in [-0.2, 0) is 0 Å². The number of para-hydroxylation sites is 2. The Bertz CT molecular complexity index is 4380. The van der Waals surface area contributed by atoms with E-state index in [4.69, 9.17) is 0 Å². The van der Waals surface area contributed by atoms with Gasteiger partial charge in [0, 0.05) is 38.7 Å². The molecule has 2 heteroatoms. The van der Waals surface area contributed by atoms with E-state index in [9.17, 15) is 0 Å². The predicted molar refractivity (Wildman–Crippen MR) is 307 cm³/mol. The minimum absolute atomic E-state index is 1.07. The van der Waals surface area contributed by atoms with Gasteiger partial charge < -0.3 is 9.47 Å². The first-order chi connectivity index (χ1) is 35.7. The molecule has 14 rings (SSSR count). The Hall–Kier alpha value is -9.50. The molecule has 0 saturated heterocycles. The fourth-order valence-electron chi connectivity index (χ4n) is 11.4. The highest BCUT2D eigenvalue weighted by molar-refractivity contribution is 6.23. The molecule has 72 heavy (non-hydrogen) atoms. The van der Waals surface area contributed by atoms with E-state index >= 15 is 0 Å². The van der Waals surface area contributed by atoms with E-state index in [-0.39, 0.29) is 0 Å². The standard InChI is InChI=1S/C70H46N2/c1-3-18-47(19-4-1)52-39-43-68(65(45-52)48-20-5-2-6-21-48)71(55-40-36-51(37-41-55)64-46-54-35-34-49-22-7-9-27-58(49)69(54)62-31-12-11-29-60(62)64)66-32-15-13-26-57(66)53-24-17-25-56(44-53)72-67-33-16-14-30-61(67)63-42-38-50-23-8-10-28-59(50)70(63)72/h1-46H. The van der Waals surface area contributed by atoms with E-state index in [1.807, 2.05) is 0 Å². The molecule has 0 atom stereocenters. The monoisotopic (exact) mass is 914 g/mol. The van der Waals surface area contributed by atoms with Crippen LogP contribution in [0.15, 0.2) is 279 Å². The van der Waals surface area contributed by atoms with Crippen molar-refractivity contribution in [2.45, 2.75) is 0 Å². The van der Waals surface area contributed by atoms with Gasteiger partial charge in [0.1, 0.15) is 0 Å². The molecule has 0 amide bonds. The van der Waals surface area contributed by atoms with Gasteiger partial charge in [-0.05, 0) is 126 Å². The van der Waals surface area contributed by atoms with Gasteiger partial charge in [-0.3, -0.25) is 0 Å². The van der Waals surface area contributed by atoms with Crippen molar-refractivity contribution < 1.29 is 0 Å². The Kier molecular flexibility index (Phi) is 9.89. The van der Waals surface area contributed by atoms with E-state index in [1.165, 1.54) is 87.1 Å². The average molecular weight is 915 g/mol. The lowest BCUT2D eigenvalue weighted by Gasteiger charge is -2.30. The van der Waals surface area contributed by atoms with Crippen LogP contribution in [0.4, 0.5) is 17.1 Å². The molecule has 0 N–H and O–H groups in total. The van der Waals surface area contributed by atoms with Gasteiger partial charge in [0.05, 0.1) is 22.4 Å². The third-order valence-electron chi connectivity index (χ3n) is 14.7. The first kappa shape index (κ1) is 41.5. The number of hydrogen-bond acceptors (Lipinski definition) is 1. The lowest BCUT2D eigenvalue weighted by Crippen LogP contribution is -2.12. The Balaban J connectivity index is 0.975. The van der Waals surface area contributed by atoms with E-state index in [2.05, 4.69) is 289 Å². The van der Waals surface area contributed by atoms with Crippen LogP contribution in [-0.4, -0.2) is 4.57 Å². The molecule has 336 valence electrons. The van der Waals surface area contributed by atoms with E-state index in [0.29, 0.717) is 0 Å². The molecule has 0 unspecified atom stereocenters. The summed E-state index contributed by atoms with van der Waals surface area (Å²) < 4.78 is 2.46. The lowest BCUT2D eigenvalue weighted by atomic mass is 9.90. The third-order valence-corrected chi connectivity index (χ3v) is 14.7. The van der Waals surface area contributed by atoms with Crippen LogP contribution in [0, 0.1) is 0 Å². The van der Waals surface area contributed by atoms with Crippen LogP contribution in [0.2, 0.25) is 0 Å². The van der Waals surface area contributed by atoms with E-state index in [0.717, 1.165) is 45.0 Å². The van der Waals surface area contributed by atoms with Gasteiger partial charge in [-0.25, -0.2) is 0 Å². The Morgan fingerprint density at radius 3 is 1.64 bits per heavy atom. The average Bonchev–Trinajstić information content (AvgIpc) is 3.81. The van der Waals surface area contributed by atoms with Crippen molar-refractivity contribution in [3.8, 4) is 50.2 Å². The second-order valence-electron chi connectivity index (χ2n) is 18.8. The predicted octanol–water partition coefficient (Wildman–Crippen LogP) is 19.5. The maximum atomic E-state index is 2.47. The molecular weight excluding hydrogens is 869 g/mol. The highest BCUT2D eigenvalue weighted by Gasteiger charge is 2.23. The topological polar surface area (TPSA) is 8.17 Å². The summed E-state index contributed by atoms with van der Waals surface area (Å²) in [4.78, 5) is 2.47. The van der Waals surface area contributed by atoms with Gasteiger partial charge in [0.15, 0.2) is 0 Å². The van der Waals surface area contributed by atoms with Crippen LogP contribution >= 0.6 is 0 Å². The molecule has 14 aromatic rings. The van der Waals surface area contributed by atoms with Crippen molar-refractivity contribution >= 4 is 82.0 Å². The van der Waals surface area contributed by atoms with Crippen LogP contribution in [0.5, 0.6) is 0 Å². The summed E-state index contributed by atoms with van der Waals surface area (Å²) in [6.45, 7) is 0. The van der Waals surface area contributed by atoms with Crippen LogP contribution in [0.3, 0.4) is 0 Å². The number of aromatic nitrogens is 1. The molecule has 1 aromatic heterocycles. The summed E-state index contributed by atoms with van der Waals surface area (Å²) in [6, 6.07) is 102. The highest BCUT2D eigenvalue weighted by atomic mass is 15.1. The van der Waals surface area contributed by atoms with Crippen LogP contribution in [0.25, 0.3) is 115 Å². The number of fused-ring (bicyclic) bond motifs is 10. The molecule has 1 heterocycles. The number of benzene rings is 13. The van der Waals surface area contributed by atoms with Gasteiger partial charge in [-0.2, -0.15) is 0 Å². The van der Waals surface area contributed by atoms with Crippen molar-refractivity contribution in [2.75, 3.05) is 4.90 Å². The molecule has 0 aliphatic rings. The molecular formula is C70H46N2. The zero-order chi connectivity index (χ0) is 47.5. The molecule has 0 spiro atoms. The second kappa shape index (κ2) is 17.2. The van der Waals surface area contributed by atoms with Crippen LogP contribution < -0.4 is 4.90 Å². The fraction of sp³-hybridized carbons (Fsp3) is 0. The smallest absolute Gasteiger partial charge is 0.0619 e. The number of hydrogen-bond donors (Lipinski definition) is 0. The summed E-state index contributed by atoms with van der Waals surface area (Å²) in [7, 11) is 0. The zero-order valence-electron chi connectivity index (χ0n) is 39.5. The number of nitrogens with zero attached hydrogens (tertiary/aromatic N) is 2. The number of rotatable bonds is 8. The number of anilines is 3. The van der Waals surface area contributed by atoms with Gasteiger partial charge in [-0.15, -0.1) is 0 Å². The Morgan fingerprint density at radius 1 is 0.264 bits per heavy atom.